The highest BCUT2D eigenvalue weighted by molar-refractivity contribution is 5.32. The smallest absolute Gasteiger partial charge is 0.269 e. The molecule has 0 unspecified atom stereocenters. The van der Waals surface area contributed by atoms with E-state index in [9.17, 15) is 10.1 Å². The number of ether oxygens (including phenoxy) is 1. The van der Waals surface area contributed by atoms with Crippen LogP contribution in [0.1, 0.15) is 19.4 Å². The minimum Gasteiger partial charge on any atom is -0.379 e. The van der Waals surface area contributed by atoms with Crippen LogP contribution in [0.5, 0.6) is 0 Å². The van der Waals surface area contributed by atoms with E-state index in [1.165, 1.54) is 0 Å². The van der Waals surface area contributed by atoms with Crippen LogP contribution in [-0.2, 0) is 11.2 Å². The Kier molecular flexibility index (Phi) is 7.07. The summed E-state index contributed by atoms with van der Waals surface area (Å²) in [5, 5.41) is 10.5. The zero-order chi connectivity index (χ0) is 14.1. The minimum atomic E-state index is -0.369. The van der Waals surface area contributed by atoms with E-state index in [1.807, 2.05) is 26.0 Å². The summed E-state index contributed by atoms with van der Waals surface area (Å²) < 4.78 is 5.28. The molecule has 1 aliphatic rings. The Hall–Kier alpha value is -1.46. The largest absolute Gasteiger partial charge is 0.379 e. The Labute approximate surface area is 114 Å². The normalized spacial score (nSPS) is 15.5. The molecule has 1 fully saturated rings. The SMILES string of the molecule is CC.O=[N+]([O-])c1ccc(CCN2CCOCC2)cc1. The third kappa shape index (κ3) is 5.36. The first kappa shape index (κ1) is 15.6. The second-order valence-corrected chi connectivity index (χ2v) is 4.13. The summed E-state index contributed by atoms with van der Waals surface area (Å²) in [4.78, 5) is 12.5. The van der Waals surface area contributed by atoms with E-state index in [4.69, 9.17) is 4.74 Å². The van der Waals surface area contributed by atoms with Crippen LogP contribution in [0.25, 0.3) is 0 Å². The van der Waals surface area contributed by atoms with Crippen LogP contribution < -0.4 is 0 Å². The summed E-state index contributed by atoms with van der Waals surface area (Å²) in [7, 11) is 0. The third-order valence-corrected chi connectivity index (χ3v) is 2.97. The van der Waals surface area contributed by atoms with E-state index >= 15 is 0 Å². The molecule has 0 saturated carbocycles. The Morgan fingerprint density at radius 1 is 1.21 bits per heavy atom. The van der Waals surface area contributed by atoms with Crippen molar-refractivity contribution in [1.82, 2.24) is 4.90 Å². The quantitative estimate of drug-likeness (QED) is 0.620. The molecule has 2 rings (SSSR count). The lowest BCUT2D eigenvalue weighted by molar-refractivity contribution is -0.384. The van der Waals surface area contributed by atoms with E-state index in [0.717, 1.165) is 44.8 Å². The maximum atomic E-state index is 10.5. The van der Waals surface area contributed by atoms with Gasteiger partial charge in [-0.3, -0.25) is 15.0 Å². The molecule has 0 atom stereocenters. The number of morpholine rings is 1. The van der Waals surface area contributed by atoms with Crippen molar-refractivity contribution < 1.29 is 9.66 Å². The van der Waals surface area contributed by atoms with Gasteiger partial charge in [-0.2, -0.15) is 0 Å². The molecule has 0 radical (unpaired) electrons. The highest BCUT2D eigenvalue weighted by Gasteiger charge is 2.10. The summed E-state index contributed by atoms with van der Waals surface area (Å²) in [6.45, 7) is 8.56. The maximum absolute atomic E-state index is 10.5. The van der Waals surface area contributed by atoms with Crippen LogP contribution in [-0.4, -0.2) is 42.7 Å². The Balaban J connectivity index is 0.000000861. The second kappa shape index (κ2) is 8.61. The highest BCUT2D eigenvalue weighted by Crippen LogP contribution is 2.12. The predicted molar refractivity (Wildman–Crippen MR) is 75.4 cm³/mol. The van der Waals surface area contributed by atoms with Gasteiger partial charge in [-0.1, -0.05) is 26.0 Å². The molecule has 0 aliphatic carbocycles. The van der Waals surface area contributed by atoms with Crippen molar-refractivity contribution in [1.29, 1.82) is 0 Å². The number of hydrogen-bond acceptors (Lipinski definition) is 4. The lowest BCUT2D eigenvalue weighted by Gasteiger charge is -2.26. The van der Waals surface area contributed by atoms with E-state index < -0.39 is 0 Å². The number of hydrogen-bond donors (Lipinski definition) is 0. The first-order chi connectivity index (χ1) is 9.25. The van der Waals surface area contributed by atoms with Crippen molar-refractivity contribution in [3.05, 3.63) is 39.9 Å². The second-order valence-electron chi connectivity index (χ2n) is 4.13. The number of nitro benzene ring substituents is 1. The number of nitrogens with zero attached hydrogens (tertiary/aromatic N) is 2. The molecule has 1 aliphatic heterocycles. The van der Waals surface area contributed by atoms with Crippen LogP contribution >= 0.6 is 0 Å². The zero-order valence-electron chi connectivity index (χ0n) is 11.7. The van der Waals surface area contributed by atoms with Gasteiger partial charge in [0.2, 0.25) is 0 Å². The number of non-ortho nitro benzene ring substituents is 1. The monoisotopic (exact) mass is 266 g/mol. The molecule has 0 spiro atoms. The lowest BCUT2D eigenvalue weighted by Crippen LogP contribution is -2.37. The Morgan fingerprint density at radius 3 is 2.32 bits per heavy atom. The van der Waals surface area contributed by atoms with Gasteiger partial charge in [0.25, 0.3) is 5.69 Å². The summed E-state index contributed by atoms with van der Waals surface area (Å²) in [6.07, 6.45) is 0.929. The Bertz CT molecular complexity index is 373. The van der Waals surface area contributed by atoms with Gasteiger partial charge in [0, 0.05) is 31.8 Å². The van der Waals surface area contributed by atoms with E-state index in [2.05, 4.69) is 4.90 Å². The molecular formula is C14H22N2O3. The van der Waals surface area contributed by atoms with Gasteiger partial charge in [-0.05, 0) is 12.0 Å². The summed E-state index contributed by atoms with van der Waals surface area (Å²) in [5.41, 5.74) is 1.29. The fourth-order valence-electron chi connectivity index (χ4n) is 1.90. The van der Waals surface area contributed by atoms with Crippen LogP contribution in [0.15, 0.2) is 24.3 Å². The molecule has 0 bridgehead atoms. The molecule has 0 aromatic heterocycles. The zero-order valence-corrected chi connectivity index (χ0v) is 11.7. The first-order valence-corrected chi connectivity index (χ1v) is 6.79. The molecule has 19 heavy (non-hydrogen) atoms. The number of benzene rings is 1. The molecule has 1 heterocycles. The standard InChI is InChI=1S/C12H16N2O3.C2H6/c15-14(16)12-3-1-11(2-4-12)5-6-13-7-9-17-10-8-13;1-2/h1-4H,5-10H2;1-2H3. The van der Waals surface area contributed by atoms with Crippen LogP contribution in [0.3, 0.4) is 0 Å². The summed E-state index contributed by atoms with van der Waals surface area (Å²) in [6, 6.07) is 6.79. The predicted octanol–water partition coefficient (Wildman–Crippen LogP) is 2.50. The van der Waals surface area contributed by atoms with Gasteiger partial charge in [0.1, 0.15) is 0 Å². The lowest BCUT2D eigenvalue weighted by atomic mass is 10.1. The summed E-state index contributed by atoms with van der Waals surface area (Å²) in [5.74, 6) is 0. The van der Waals surface area contributed by atoms with Gasteiger partial charge in [0.15, 0.2) is 0 Å². The molecule has 0 N–H and O–H groups in total. The van der Waals surface area contributed by atoms with Crippen molar-refractivity contribution in [3.8, 4) is 0 Å². The maximum Gasteiger partial charge on any atom is 0.269 e. The number of rotatable bonds is 4. The van der Waals surface area contributed by atoms with Crippen molar-refractivity contribution >= 4 is 5.69 Å². The van der Waals surface area contributed by atoms with Crippen LogP contribution in [0.2, 0.25) is 0 Å². The molecule has 5 nitrogen and oxygen atoms in total. The number of nitro groups is 1. The fraction of sp³-hybridized carbons (Fsp3) is 0.571. The van der Waals surface area contributed by atoms with E-state index in [1.54, 1.807) is 12.1 Å². The first-order valence-electron chi connectivity index (χ1n) is 6.79. The molecular weight excluding hydrogens is 244 g/mol. The molecule has 1 aromatic rings. The molecule has 106 valence electrons. The van der Waals surface area contributed by atoms with E-state index in [-0.39, 0.29) is 10.6 Å². The van der Waals surface area contributed by atoms with Crippen molar-refractivity contribution in [2.45, 2.75) is 20.3 Å². The van der Waals surface area contributed by atoms with Gasteiger partial charge < -0.3 is 4.74 Å². The van der Waals surface area contributed by atoms with Crippen molar-refractivity contribution in [3.63, 3.8) is 0 Å². The van der Waals surface area contributed by atoms with Gasteiger partial charge in [0.05, 0.1) is 18.1 Å². The molecule has 1 aromatic carbocycles. The fourth-order valence-corrected chi connectivity index (χ4v) is 1.90. The van der Waals surface area contributed by atoms with Crippen molar-refractivity contribution in [2.75, 3.05) is 32.8 Å². The highest BCUT2D eigenvalue weighted by atomic mass is 16.6. The van der Waals surface area contributed by atoms with Crippen molar-refractivity contribution in [2.24, 2.45) is 0 Å². The van der Waals surface area contributed by atoms with Gasteiger partial charge in [-0.25, -0.2) is 0 Å². The third-order valence-electron chi connectivity index (χ3n) is 2.97. The van der Waals surface area contributed by atoms with Crippen LogP contribution in [0, 0.1) is 10.1 Å². The summed E-state index contributed by atoms with van der Waals surface area (Å²) >= 11 is 0. The minimum absolute atomic E-state index is 0.153. The average Bonchev–Trinajstić information content (AvgIpc) is 2.49. The van der Waals surface area contributed by atoms with E-state index in [0.29, 0.717) is 0 Å². The molecule has 1 saturated heterocycles. The van der Waals surface area contributed by atoms with Gasteiger partial charge >= 0.3 is 0 Å². The molecule has 5 heteroatoms. The molecule has 0 amide bonds. The average molecular weight is 266 g/mol. The Morgan fingerprint density at radius 2 is 1.79 bits per heavy atom. The van der Waals surface area contributed by atoms with Gasteiger partial charge in [-0.15, -0.1) is 0 Å². The topological polar surface area (TPSA) is 55.6 Å². The van der Waals surface area contributed by atoms with Crippen LogP contribution in [0.4, 0.5) is 5.69 Å².